The fourth-order valence-electron chi connectivity index (χ4n) is 1.71. The number of aromatic hydroxyl groups is 1. The number of nitrogens with one attached hydrogen (secondary N) is 1. The van der Waals surface area contributed by atoms with E-state index < -0.39 is 0 Å². The Morgan fingerprint density at radius 2 is 1.65 bits per heavy atom. The van der Waals surface area contributed by atoms with Crippen LogP contribution in [0.3, 0.4) is 0 Å². The highest BCUT2D eigenvalue weighted by atomic mass is 16.5. The Morgan fingerprint density at radius 1 is 1.05 bits per heavy atom. The Labute approximate surface area is 116 Å². The van der Waals surface area contributed by atoms with Gasteiger partial charge in [0, 0.05) is 11.6 Å². The number of anilines is 1. The molecule has 104 valence electrons. The van der Waals surface area contributed by atoms with Crippen LogP contribution < -0.4 is 14.8 Å². The summed E-state index contributed by atoms with van der Waals surface area (Å²) in [5, 5.41) is 12.3. The van der Waals surface area contributed by atoms with Crippen molar-refractivity contribution in [3.63, 3.8) is 0 Å². The summed E-state index contributed by atoms with van der Waals surface area (Å²) in [5.74, 6) is 0.693. The Bertz CT molecular complexity index is 603. The molecule has 0 bridgehead atoms. The molecule has 5 heteroatoms. The first-order valence-corrected chi connectivity index (χ1v) is 5.96. The van der Waals surface area contributed by atoms with Crippen molar-refractivity contribution in [2.24, 2.45) is 0 Å². The van der Waals surface area contributed by atoms with Crippen molar-refractivity contribution in [1.82, 2.24) is 0 Å². The smallest absolute Gasteiger partial charge is 0.256 e. The van der Waals surface area contributed by atoms with Gasteiger partial charge in [0.05, 0.1) is 19.9 Å². The number of carbonyl (C=O) groups is 1. The van der Waals surface area contributed by atoms with Crippen molar-refractivity contribution in [1.29, 1.82) is 0 Å². The average Bonchev–Trinajstić information content (AvgIpc) is 2.48. The van der Waals surface area contributed by atoms with E-state index in [1.54, 1.807) is 36.4 Å². The lowest BCUT2D eigenvalue weighted by molar-refractivity contribution is 0.102. The van der Waals surface area contributed by atoms with Gasteiger partial charge in [0.2, 0.25) is 0 Å². The van der Waals surface area contributed by atoms with Gasteiger partial charge < -0.3 is 19.9 Å². The maximum atomic E-state index is 12.2. The number of ether oxygens (including phenoxy) is 2. The molecule has 0 spiro atoms. The van der Waals surface area contributed by atoms with Crippen molar-refractivity contribution in [3.05, 3.63) is 48.0 Å². The van der Waals surface area contributed by atoms with Crippen molar-refractivity contribution < 1.29 is 19.4 Å². The third-order valence-corrected chi connectivity index (χ3v) is 2.77. The largest absolute Gasteiger partial charge is 0.506 e. The van der Waals surface area contributed by atoms with E-state index >= 15 is 0 Å². The van der Waals surface area contributed by atoms with Gasteiger partial charge in [-0.25, -0.2) is 0 Å². The molecule has 0 saturated carbocycles. The normalized spacial score (nSPS) is 9.90. The molecule has 0 saturated heterocycles. The van der Waals surface area contributed by atoms with Crippen LogP contribution in [-0.4, -0.2) is 25.2 Å². The van der Waals surface area contributed by atoms with E-state index in [0.717, 1.165) is 0 Å². The van der Waals surface area contributed by atoms with E-state index in [1.165, 1.54) is 20.3 Å². The Hall–Kier alpha value is -2.69. The first-order chi connectivity index (χ1) is 9.63. The van der Waals surface area contributed by atoms with Crippen LogP contribution in [0.25, 0.3) is 0 Å². The third kappa shape index (κ3) is 3.00. The molecule has 0 radical (unpaired) electrons. The first kappa shape index (κ1) is 13.7. The van der Waals surface area contributed by atoms with Crippen LogP contribution in [0.1, 0.15) is 10.4 Å². The summed E-state index contributed by atoms with van der Waals surface area (Å²) in [6.45, 7) is 0. The van der Waals surface area contributed by atoms with Gasteiger partial charge in [-0.3, -0.25) is 4.79 Å². The summed E-state index contributed by atoms with van der Waals surface area (Å²) in [4.78, 5) is 12.2. The summed E-state index contributed by atoms with van der Waals surface area (Å²) < 4.78 is 10.2. The van der Waals surface area contributed by atoms with E-state index in [1.807, 2.05) is 0 Å². The van der Waals surface area contributed by atoms with Crippen LogP contribution in [0.4, 0.5) is 5.69 Å². The minimum atomic E-state index is -0.358. The van der Waals surface area contributed by atoms with Crippen LogP contribution in [-0.2, 0) is 0 Å². The topological polar surface area (TPSA) is 67.8 Å². The maximum absolute atomic E-state index is 12.2. The second kappa shape index (κ2) is 5.97. The Kier molecular flexibility index (Phi) is 4.10. The van der Waals surface area contributed by atoms with Gasteiger partial charge in [-0.15, -0.1) is 0 Å². The number of methoxy groups -OCH3 is 2. The van der Waals surface area contributed by atoms with Gasteiger partial charge in [-0.1, -0.05) is 12.1 Å². The highest BCUT2D eigenvalue weighted by molar-refractivity contribution is 6.05. The Morgan fingerprint density at radius 3 is 2.20 bits per heavy atom. The van der Waals surface area contributed by atoms with Gasteiger partial charge in [-0.05, 0) is 24.3 Å². The number of para-hydroxylation sites is 2. The molecule has 2 rings (SSSR count). The second-order valence-electron chi connectivity index (χ2n) is 4.07. The molecule has 0 unspecified atom stereocenters. The van der Waals surface area contributed by atoms with Gasteiger partial charge in [0.15, 0.2) is 0 Å². The van der Waals surface area contributed by atoms with Crippen LogP contribution in [0.5, 0.6) is 17.2 Å². The molecule has 0 atom stereocenters. The predicted molar refractivity (Wildman–Crippen MR) is 75.6 cm³/mol. The van der Waals surface area contributed by atoms with Crippen molar-refractivity contribution >= 4 is 11.6 Å². The van der Waals surface area contributed by atoms with E-state index in [9.17, 15) is 9.90 Å². The molecule has 0 aliphatic heterocycles. The zero-order valence-electron chi connectivity index (χ0n) is 11.2. The molecule has 2 aromatic carbocycles. The van der Waals surface area contributed by atoms with Gasteiger partial charge in [0.25, 0.3) is 5.91 Å². The van der Waals surface area contributed by atoms with Gasteiger partial charge in [0.1, 0.15) is 17.2 Å². The second-order valence-corrected chi connectivity index (χ2v) is 4.07. The number of hydrogen-bond donors (Lipinski definition) is 2. The van der Waals surface area contributed by atoms with Crippen molar-refractivity contribution in [3.8, 4) is 17.2 Å². The standard InChI is InChI=1S/C15H15NO4/c1-19-11-7-10(8-12(9-11)20-2)15(18)16-13-5-3-4-6-14(13)17/h3-9,17H,1-2H3,(H,16,18). The summed E-state index contributed by atoms with van der Waals surface area (Å²) in [6.07, 6.45) is 0. The maximum Gasteiger partial charge on any atom is 0.256 e. The highest BCUT2D eigenvalue weighted by Crippen LogP contribution is 2.25. The lowest BCUT2D eigenvalue weighted by atomic mass is 10.1. The molecule has 20 heavy (non-hydrogen) atoms. The third-order valence-electron chi connectivity index (χ3n) is 2.77. The van der Waals surface area contributed by atoms with Crippen molar-refractivity contribution in [2.45, 2.75) is 0 Å². The minimum Gasteiger partial charge on any atom is -0.506 e. The molecule has 0 heterocycles. The van der Waals surface area contributed by atoms with Gasteiger partial charge >= 0.3 is 0 Å². The fourth-order valence-corrected chi connectivity index (χ4v) is 1.71. The molecular formula is C15H15NO4. The molecule has 2 aromatic rings. The van der Waals surface area contributed by atoms with E-state index in [-0.39, 0.29) is 11.7 Å². The number of hydrogen-bond acceptors (Lipinski definition) is 4. The number of rotatable bonds is 4. The number of carbonyl (C=O) groups excluding carboxylic acids is 1. The number of benzene rings is 2. The molecule has 0 aliphatic rings. The van der Waals surface area contributed by atoms with Crippen LogP contribution >= 0.6 is 0 Å². The molecule has 0 aliphatic carbocycles. The monoisotopic (exact) mass is 273 g/mol. The van der Waals surface area contributed by atoms with E-state index in [4.69, 9.17) is 9.47 Å². The van der Waals surface area contributed by atoms with Crippen LogP contribution in [0.2, 0.25) is 0 Å². The zero-order chi connectivity index (χ0) is 14.5. The van der Waals surface area contributed by atoms with Gasteiger partial charge in [-0.2, -0.15) is 0 Å². The fraction of sp³-hybridized carbons (Fsp3) is 0.133. The summed E-state index contributed by atoms with van der Waals surface area (Å²) in [7, 11) is 3.03. The molecule has 0 aromatic heterocycles. The molecule has 2 N–H and O–H groups in total. The van der Waals surface area contributed by atoms with E-state index in [0.29, 0.717) is 22.7 Å². The van der Waals surface area contributed by atoms with Crippen LogP contribution in [0, 0.1) is 0 Å². The SMILES string of the molecule is COc1cc(OC)cc(C(=O)Nc2ccccc2O)c1. The number of amides is 1. The highest BCUT2D eigenvalue weighted by Gasteiger charge is 2.11. The lowest BCUT2D eigenvalue weighted by Gasteiger charge is -2.10. The summed E-state index contributed by atoms with van der Waals surface area (Å²) >= 11 is 0. The summed E-state index contributed by atoms with van der Waals surface area (Å²) in [5.41, 5.74) is 0.726. The van der Waals surface area contributed by atoms with E-state index in [2.05, 4.69) is 5.32 Å². The van der Waals surface area contributed by atoms with Crippen LogP contribution in [0.15, 0.2) is 42.5 Å². The molecule has 1 amide bonds. The number of phenols is 1. The van der Waals surface area contributed by atoms with Crippen molar-refractivity contribution in [2.75, 3.05) is 19.5 Å². The quantitative estimate of drug-likeness (QED) is 0.840. The lowest BCUT2D eigenvalue weighted by Crippen LogP contribution is -2.12. The predicted octanol–water partition coefficient (Wildman–Crippen LogP) is 2.66. The molecule has 0 fully saturated rings. The zero-order valence-corrected chi connectivity index (χ0v) is 11.2. The molecule has 5 nitrogen and oxygen atoms in total. The Balaban J connectivity index is 2.27. The number of phenolic OH excluding ortho intramolecular Hbond substituents is 1. The summed E-state index contributed by atoms with van der Waals surface area (Å²) in [6, 6.07) is 11.4. The average molecular weight is 273 g/mol. The first-order valence-electron chi connectivity index (χ1n) is 5.96. The molecular weight excluding hydrogens is 258 g/mol. The minimum absolute atomic E-state index is 0.00992.